The van der Waals surface area contributed by atoms with Crippen molar-refractivity contribution >= 4 is 22.7 Å². The quantitative estimate of drug-likeness (QED) is 0.742. The van der Waals surface area contributed by atoms with Crippen LogP contribution in [0, 0.1) is 0 Å². The Morgan fingerprint density at radius 3 is 2.36 bits per heavy atom. The zero-order valence-electron chi connectivity index (χ0n) is 15.7. The van der Waals surface area contributed by atoms with Crippen molar-refractivity contribution in [2.45, 2.75) is 0 Å². The van der Waals surface area contributed by atoms with Gasteiger partial charge in [-0.1, -0.05) is 6.07 Å². The van der Waals surface area contributed by atoms with Crippen LogP contribution in [0.15, 0.2) is 45.6 Å². The molecule has 0 atom stereocenters. The number of ether oxygens (including phenoxy) is 2. The minimum absolute atomic E-state index is 0.110. The van der Waals surface area contributed by atoms with Crippen LogP contribution < -0.4 is 20.1 Å². The molecule has 3 aromatic rings. The molecule has 1 amide bonds. The number of anilines is 1. The lowest BCUT2D eigenvalue weighted by Crippen LogP contribution is -2.48. The largest absolute Gasteiger partial charge is 0.496 e. The lowest BCUT2D eigenvalue weighted by Gasteiger charge is -2.36. The van der Waals surface area contributed by atoms with Gasteiger partial charge in [-0.15, -0.1) is 0 Å². The van der Waals surface area contributed by atoms with Crippen molar-refractivity contribution in [3.8, 4) is 11.5 Å². The summed E-state index contributed by atoms with van der Waals surface area (Å²) in [5, 5.41) is 0. The Kier molecular flexibility index (Phi) is 4.68. The number of H-pyrrole nitrogens is 1. The minimum Gasteiger partial charge on any atom is -0.496 e. The second-order valence-electron chi connectivity index (χ2n) is 6.51. The van der Waals surface area contributed by atoms with Crippen molar-refractivity contribution in [3.05, 3.63) is 52.5 Å². The zero-order valence-corrected chi connectivity index (χ0v) is 15.7. The fraction of sp³-hybridized carbons (Fsp3) is 0.300. The molecule has 8 heteroatoms. The number of methoxy groups -OCH3 is 2. The van der Waals surface area contributed by atoms with Crippen LogP contribution in [-0.2, 0) is 0 Å². The average Bonchev–Trinajstić information content (AvgIpc) is 3.11. The Morgan fingerprint density at radius 1 is 1.04 bits per heavy atom. The summed E-state index contributed by atoms with van der Waals surface area (Å²) in [5.74, 6) is 0.425. The summed E-state index contributed by atoms with van der Waals surface area (Å²) in [6.45, 7) is 2.47. The number of carbonyl (C=O) groups excluding carboxylic acids is 1. The van der Waals surface area contributed by atoms with Gasteiger partial charge in [0, 0.05) is 37.9 Å². The maximum atomic E-state index is 13.1. The highest BCUT2D eigenvalue weighted by Crippen LogP contribution is 2.30. The van der Waals surface area contributed by atoms with Crippen LogP contribution >= 0.6 is 0 Å². The van der Waals surface area contributed by atoms with Crippen LogP contribution in [0.1, 0.15) is 10.4 Å². The van der Waals surface area contributed by atoms with E-state index in [4.69, 9.17) is 13.9 Å². The molecular weight excluding hydrogens is 362 g/mol. The molecule has 2 aromatic carbocycles. The number of oxazole rings is 1. The number of amides is 1. The smallest absolute Gasteiger partial charge is 0.417 e. The first-order valence-corrected chi connectivity index (χ1v) is 8.99. The molecule has 1 saturated heterocycles. The number of hydrogen-bond donors (Lipinski definition) is 1. The first-order chi connectivity index (χ1) is 13.6. The van der Waals surface area contributed by atoms with Gasteiger partial charge in [-0.25, -0.2) is 4.79 Å². The van der Waals surface area contributed by atoms with Gasteiger partial charge in [0.05, 0.1) is 19.7 Å². The van der Waals surface area contributed by atoms with Crippen LogP contribution in [0.5, 0.6) is 11.5 Å². The summed E-state index contributed by atoms with van der Waals surface area (Å²) in [5.41, 5.74) is 2.60. The number of aromatic amines is 1. The number of carbonyl (C=O) groups is 1. The number of hydrogen-bond acceptors (Lipinski definition) is 6. The molecule has 8 nitrogen and oxygen atoms in total. The van der Waals surface area contributed by atoms with Crippen molar-refractivity contribution in [1.29, 1.82) is 0 Å². The third-order valence-corrected chi connectivity index (χ3v) is 4.98. The predicted molar refractivity (Wildman–Crippen MR) is 104 cm³/mol. The molecule has 1 fully saturated rings. The number of nitrogens with one attached hydrogen (secondary N) is 1. The summed E-state index contributed by atoms with van der Waals surface area (Å²) in [4.78, 5) is 31.0. The maximum absolute atomic E-state index is 13.1. The Hall–Kier alpha value is -3.42. The molecule has 0 saturated carbocycles. The first kappa shape index (κ1) is 18.0. The highest BCUT2D eigenvalue weighted by atomic mass is 16.5. The van der Waals surface area contributed by atoms with E-state index in [1.807, 2.05) is 18.2 Å². The molecule has 0 spiro atoms. The number of benzene rings is 2. The van der Waals surface area contributed by atoms with Crippen LogP contribution in [0.4, 0.5) is 5.69 Å². The number of piperazine rings is 1. The van der Waals surface area contributed by atoms with Gasteiger partial charge in [-0.2, -0.15) is 0 Å². The van der Waals surface area contributed by atoms with Crippen LogP contribution in [0.25, 0.3) is 11.1 Å². The fourth-order valence-corrected chi connectivity index (χ4v) is 3.52. The highest BCUT2D eigenvalue weighted by Gasteiger charge is 2.27. The number of fused-ring (bicyclic) bond motifs is 1. The molecule has 1 aliphatic rings. The maximum Gasteiger partial charge on any atom is 0.417 e. The Morgan fingerprint density at radius 2 is 1.71 bits per heavy atom. The summed E-state index contributed by atoms with van der Waals surface area (Å²) in [6, 6.07) is 10.9. The molecule has 4 rings (SSSR count). The van der Waals surface area contributed by atoms with Crippen molar-refractivity contribution in [2.24, 2.45) is 0 Å². The predicted octanol–water partition coefficient (Wildman–Crippen LogP) is 2.10. The molecule has 2 heterocycles. The van der Waals surface area contributed by atoms with E-state index in [9.17, 15) is 9.59 Å². The van der Waals surface area contributed by atoms with Crippen molar-refractivity contribution in [2.75, 3.05) is 45.3 Å². The van der Waals surface area contributed by atoms with E-state index in [0.29, 0.717) is 54.3 Å². The summed E-state index contributed by atoms with van der Waals surface area (Å²) >= 11 is 0. The van der Waals surface area contributed by atoms with Gasteiger partial charge < -0.3 is 23.7 Å². The Balaban J connectivity index is 1.50. The van der Waals surface area contributed by atoms with Crippen molar-refractivity contribution in [3.63, 3.8) is 0 Å². The van der Waals surface area contributed by atoms with Gasteiger partial charge in [0.1, 0.15) is 17.1 Å². The number of aromatic nitrogens is 1. The van der Waals surface area contributed by atoms with Gasteiger partial charge in [-0.3, -0.25) is 9.78 Å². The van der Waals surface area contributed by atoms with Crippen molar-refractivity contribution in [1.82, 2.24) is 9.88 Å². The van der Waals surface area contributed by atoms with Crippen LogP contribution in [-0.4, -0.2) is 56.2 Å². The second kappa shape index (κ2) is 7.30. The van der Waals surface area contributed by atoms with E-state index in [1.54, 1.807) is 37.3 Å². The molecule has 0 radical (unpaired) electrons. The van der Waals surface area contributed by atoms with E-state index < -0.39 is 5.76 Å². The Labute approximate surface area is 161 Å². The second-order valence-corrected chi connectivity index (χ2v) is 6.51. The van der Waals surface area contributed by atoms with Gasteiger partial charge in [0.25, 0.3) is 5.91 Å². The molecular formula is C20H21N3O5. The molecule has 0 unspecified atom stereocenters. The number of nitrogens with zero attached hydrogens (tertiary/aromatic N) is 2. The lowest BCUT2D eigenvalue weighted by molar-refractivity contribution is 0.0740. The van der Waals surface area contributed by atoms with Gasteiger partial charge in [0.15, 0.2) is 5.58 Å². The monoisotopic (exact) mass is 383 g/mol. The van der Waals surface area contributed by atoms with Crippen LogP contribution in [0.2, 0.25) is 0 Å². The summed E-state index contributed by atoms with van der Waals surface area (Å²) in [7, 11) is 3.08. The lowest BCUT2D eigenvalue weighted by atomic mass is 10.1. The van der Waals surface area contributed by atoms with Crippen LogP contribution in [0.3, 0.4) is 0 Å². The molecule has 0 aliphatic carbocycles. The Bertz CT molecular complexity index is 1040. The molecule has 28 heavy (non-hydrogen) atoms. The minimum atomic E-state index is -0.465. The molecule has 1 aromatic heterocycles. The SMILES string of the molecule is COc1cccc(OC)c1C(=O)N1CCN(c2ccc3[nH]c(=O)oc3c2)CC1. The zero-order chi connectivity index (χ0) is 19.7. The standard InChI is InChI=1S/C20H21N3O5/c1-26-15-4-3-5-16(27-2)18(15)19(24)23-10-8-22(9-11-23)13-6-7-14-17(12-13)28-20(25)21-14/h3-7,12H,8-11H2,1-2H3,(H,21,25). The van der Waals surface area contributed by atoms with Crippen molar-refractivity contribution < 1.29 is 18.7 Å². The van der Waals surface area contributed by atoms with Gasteiger partial charge >= 0.3 is 5.76 Å². The third-order valence-electron chi connectivity index (χ3n) is 4.98. The highest BCUT2D eigenvalue weighted by molar-refractivity contribution is 6.00. The average molecular weight is 383 g/mol. The van der Waals surface area contributed by atoms with Gasteiger partial charge in [-0.05, 0) is 24.3 Å². The van der Waals surface area contributed by atoms with E-state index >= 15 is 0 Å². The normalized spacial score (nSPS) is 14.4. The summed E-state index contributed by atoms with van der Waals surface area (Å²) < 4.78 is 15.9. The summed E-state index contributed by atoms with van der Waals surface area (Å²) in [6.07, 6.45) is 0. The number of rotatable bonds is 4. The van der Waals surface area contributed by atoms with Gasteiger partial charge in [0.2, 0.25) is 0 Å². The van der Waals surface area contributed by atoms with E-state index in [-0.39, 0.29) is 5.91 Å². The topological polar surface area (TPSA) is 88.0 Å². The molecule has 146 valence electrons. The first-order valence-electron chi connectivity index (χ1n) is 8.99. The van der Waals surface area contributed by atoms with E-state index in [2.05, 4.69) is 9.88 Å². The molecule has 1 N–H and O–H groups in total. The molecule has 0 bridgehead atoms. The molecule has 1 aliphatic heterocycles. The van der Waals surface area contributed by atoms with E-state index in [0.717, 1.165) is 5.69 Å². The third kappa shape index (κ3) is 3.17. The fourth-order valence-electron chi connectivity index (χ4n) is 3.52. The van der Waals surface area contributed by atoms with E-state index in [1.165, 1.54) is 0 Å².